The van der Waals surface area contributed by atoms with Gasteiger partial charge in [0.1, 0.15) is 4.90 Å². The number of hydrogen-bond donors (Lipinski definition) is 3. The minimum absolute atomic E-state index is 0.0543. The van der Waals surface area contributed by atoms with Crippen LogP contribution in [0.3, 0.4) is 0 Å². The van der Waals surface area contributed by atoms with E-state index in [-0.39, 0.29) is 22.7 Å². The number of nitrogen functional groups attached to an aromatic ring is 1. The average molecular weight is 312 g/mol. The highest BCUT2D eigenvalue weighted by Gasteiger charge is 2.18. The Balaban J connectivity index is 2.70. The van der Waals surface area contributed by atoms with Crippen LogP contribution in [0.5, 0.6) is 0 Å². The number of methoxy groups -OCH3 is 1. The van der Waals surface area contributed by atoms with Crippen LogP contribution in [0, 0.1) is 11.3 Å². The molecule has 0 aromatic heterocycles. The van der Waals surface area contributed by atoms with E-state index in [1.54, 1.807) is 0 Å². The predicted octanol–water partition coefficient (Wildman–Crippen LogP) is -0.819. The van der Waals surface area contributed by atoms with Gasteiger partial charge in [0.05, 0.1) is 30.5 Å². The predicted molar refractivity (Wildman–Crippen MR) is 75.6 cm³/mol. The maximum absolute atomic E-state index is 12.0. The summed E-state index contributed by atoms with van der Waals surface area (Å²) in [7, 11) is -2.43. The summed E-state index contributed by atoms with van der Waals surface area (Å²) in [6, 6.07) is 5.67. The van der Waals surface area contributed by atoms with Gasteiger partial charge in [-0.2, -0.15) is 5.26 Å². The first kappa shape index (κ1) is 16.9. The van der Waals surface area contributed by atoms with Crippen LogP contribution < -0.4 is 15.8 Å². The van der Waals surface area contributed by atoms with E-state index in [1.165, 1.54) is 25.3 Å². The van der Waals surface area contributed by atoms with Gasteiger partial charge >= 0.3 is 0 Å². The number of nitrogens with zero attached hydrogens (tertiary/aromatic N) is 1. The molecule has 0 saturated heterocycles. The third-order valence-electron chi connectivity index (χ3n) is 2.48. The number of carbonyl (C=O) groups excluding carboxylic acids is 1. The molecule has 0 aliphatic rings. The minimum atomic E-state index is -3.92. The molecule has 1 amide bonds. The summed E-state index contributed by atoms with van der Waals surface area (Å²) in [6.07, 6.45) is 0. The molecule has 1 rings (SSSR count). The van der Waals surface area contributed by atoms with E-state index >= 15 is 0 Å². The summed E-state index contributed by atoms with van der Waals surface area (Å²) >= 11 is 0. The highest BCUT2D eigenvalue weighted by atomic mass is 32.2. The van der Waals surface area contributed by atoms with Gasteiger partial charge in [-0.15, -0.1) is 0 Å². The van der Waals surface area contributed by atoms with Crippen molar-refractivity contribution in [2.24, 2.45) is 0 Å². The molecule has 0 unspecified atom stereocenters. The van der Waals surface area contributed by atoms with Gasteiger partial charge in [0, 0.05) is 13.7 Å². The van der Waals surface area contributed by atoms with Crippen molar-refractivity contribution in [3.8, 4) is 6.07 Å². The normalized spacial score (nSPS) is 10.9. The van der Waals surface area contributed by atoms with Gasteiger partial charge < -0.3 is 15.8 Å². The highest BCUT2D eigenvalue weighted by molar-refractivity contribution is 7.89. The van der Waals surface area contributed by atoms with Crippen LogP contribution in [0.1, 0.15) is 5.56 Å². The monoisotopic (exact) mass is 312 g/mol. The number of hydrogen-bond acceptors (Lipinski definition) is 6. The Morgan fingerprint density at radius 2 is 2.19 bits per heavy atom. The fourth-order valence-electron chi connectivity index (χ4n) is 1.46. The van der Waals surface area contributed by atoms with E-state index in [0.717, 1.165) is 0 Å². The zero-order valence-corrected chi connectivity index (χ0v) is 12.2. The van der Waals surface area contributed by atoms with Crippen molar-refractivity contribution in [1.82, 2.24) is 10.0 Å². The zero-order chi connectivity index (χ0) is 15.9. The van der Waals surface area contributed by atoms with Crippen LogP contribution in [-0.2, 0) is 19.6 Å². The van der Waals surface area contributed by atoms with Crippen molar-refractivity contribution in [2.45, 2.75) is 4.90 Å². The molecule has 21 heavy (non-hydrogen) atoms. The van der Waals surface area contributed by atoms with Crippen molar-refractivity contribution in [3.05, 3.63) is 23.8 Å². The number of anilines is 1. The Hall–Kier alpha value is -2.15. The van der Waals surface area contributed by atoms with Gasteiger partial charge in [0.25, 0.3) is 0 Å². The second-order valence-corrected chi connectivity index (χ2v) is 5.77. The number of nitrogens with two attached hydrogens (primary N) is 1. The first-order valence-corrected chi connectivity index (χ1v) is 7.44. The van der Waals surface area contributed by atoms with Gasteiger partial charge in [0.2, 0.25) is 15.9 Å². The van der Waals surface area contributed by atoms with Crippen molar-refractivity contribution in [2.75, 3.05) is 32.5 Å². The molecule has 0 spiro atoms. The van der Waals surface area contributed by atoms with E-state index < -0.39 is 22.5 Å². The molecular weight excluding hydrogens is 296 g/mol. The molecule has 4 N–H and O–H groups in total. The average Bonchev–Trinajstić information content (AvgIpc) is 2.45. The molecule has 0 saturated carbocycles. The van der Waals surface area contributed by atoms with Crippen LogP contribution in [0.15, 0.2) is 23.1 Å². The molecule has 0 bridgehead atoms. The number of rotatable bonds is 7. The highest BCUT2D eigenvalue weighted by Crippen LogP contribution is 2.19. The third-order valence-corrected chi connectivity index (χ3v) is 3.95. The van der Waals surface area contributed by atoms with Crippen LogP contribution in [0.2, 0.25) is 0 Å². The molecule has 1 aromatic rings. The topological polar surface area (TPSA) is 134 Å². The smallest absolute Gasteiger partial charge is 0.243 e. The summed E-state index contributed by atoms with van der Waals surface area (Å²) in [5, 5.41) is 11.2. The molecule has 9 heteroatoms. The number of amides is 1. The second-order valence-electron chi connectivity index (χ2n) is 4.03. The van der Waals surface area contributed by atoms with Gasteiger partial charge in [-0.25, -0.2) is 13.1 Å². The third kappa shape index (κ3) is 5.03. The number of nitrogens with one attached hydrogen (secondary N) is 2. The van der Waals surface area contributed by atoms with E-state index in [0.29, 0.717) is 6.61 Å². The van der Waals surface area contributed by atoms with Crippen molar-refractivity contribution in [3.63, 3.8) is 0 Å². The van der Waals surface area contributed by atoms with Gasteiger partial charge in [-0.1, -0.05) is 0 Å². The van der Waals surface area contributed by atoms with E-state index in [4.69, 9.17) is 15.7 Å². The first-order chi connectivity index (χ1) is 9.90. The number of ether oxygens (including phenoxy) is 1. The van der Waals surface area contributed by atoms with Crippen molar-refractivity contribution in [1.29, 1.82) is 5.26 Å². The van der Waals surface area contributed by atoms with E-state index in [2.05, 4.69) is 10.0 Å². The minimum Gasteiger partial charge on any atom is -0.398 e. The lowest BCUT2D eigenvalue weighted by molar-refractivity contribution is -0.120. The maximum atomic E-state index is 12.0. The number of sulfonamides is 1. The lowest BCUT2D eigenvalue weighted by atomic mass is 10.2. The summed E-state index contributed by atoms with van der Waals surface area (Å²) in [5.74, 6) is -0.483. The molecular formula is C12H16N4O4S. The molecule has 0 aliphatic carbocycles. The molecule has 0 aliphatic heterocycles. The molecule has 8 nitrogen and oxygen atoms in total. The molecule has 1 aromatic carbocycles. The first-order valence-electron chi connectivity index (χ1n) is 5.95. The quantitative estimate of drug-likeness (QED) is 0.445. The summed E-state index contributed by atoms with van der Waals surface area (Å²) in [6.45, 7) is 0.211. The van der Waals surface area contributed by atoms with E-state index in [9.17, 15) is 13.2 Å². The number of benzene rings is 1. The van der Waals surface area contributed by atoms with Gasteiger partial charge in [-0.3, -0.25) is 4.79 Å². The van der Waals surface area contributed by atoms with Crippen molar-refractivity contribution < 1.29 is 17.9 Å². The Morgan fingerprint density at radius 1 is 1.48 bits per heavy atom. The van der Waals surface area contributed by atoms with Crippen molar-refractivity contribution >= 4 is 21.6 Å². The Morgan fingerprint density at radius 3 is 2.76 bits per heavy atom. The van der Waals surface area contributed by atoms with E-state index in [1.807, 2.05) is 6.07 Å². The largest absolute Gasteiger partial charge is 0.398 e. The second kappa shape index (κ2) is 7.58. The summed E-state index contributed by atoms with van der Waals surface area (Å²) < 4.78 is 30.9. The Bertz CT molecular complexity index is 652. The number of carbonyl (C=O) groups is 1. The Labute approximate surface area is 122 Å². The SMILES string of the molecule is COCCNC(=O)CNS(=O)(=O)c1ccc(C#N)cc1N. The van der Waals surface area contributed by atoms with Gasteiger partial charge in [0.15, 0.2) is 0 Å². The molecule has 0 atom stereocenters. The van der Waals surface area contributed by atoms with Crippen LogP contribution in [0.25, 0.3) is 0 Å². The number of nitriles is 1. The summed E-state index contributed by atoms with van der Waals surface area (Å²) in [5.41, 5.74) is 5.80. The molecule has 0 radical (unpaired) electrons. The lowest BCUT2D eigenvalue weighted by Gasteiger charge is -2.09. The maximum Gasteiger partial charge on any atom is 0.243 e. The van der Waals surface area contributed by atoms with Crippen LogP contribution in [0.4, 0.5) is 5.69 Å². The summed E-state index contributed by atoms with van der Waals surface area (Å²) in [4.78, 5) is 11.2. The lowest BCUT2D eigenvalue weighted by Crippen LogP contribution is -2.38. The standard InChI is InChI=1S/C12H16N4O4S/c1-20-5-4-15-12(17)8-16-21(18,19)11-3-2-9(7-13)6-10(11)14/h2-3,6,16H,4-5,8,14H2,1H3,(H,15,17). The fraction of sp³-hybridized carbons (Fsp3) is 0.333. The Kier molecular flexibility index (Phi) is 6.10. The van der Waals surface area contributed by atoms with Crippen LogP contribution >= 0.6 is 0 Å². The zero-order valence-electron chi connectivity index (χ0n) is 11.4. The van der Waals surface area contributed by atoms with Crippen LogP contribution in [-0.4, -0.2) is 41.1 Å². The molecule has 114 valence electrons. The molecule has 0 fully saturated rings. The van der Waals surface area contributed by atoms with Gasteiger partial charge in [-0.05, 0) is 18.2 Å². The fourth-order valence-corrected chi connectivity index (χ4v) is 2.55. The molecule has 0 heterocycles.